The van der Waals surface area contributed by atoms with Gasteiger partial charge in [0.15, 0.2) is 4.80 Å². The minimum absolute atomic E-state index is 0.278. The highest BCUT2D eigenvalue weighted by molar-refractivity contribution is 7.16. The Kier molecular flexibility index (Phi) is 5.08. The molecule has 0 aliphatic carbocycles. The maximum atomic E-state index is 12.2. The molecule has 2 heterocycles. The van der Waals surface area contributed by atoms with Gasteiger partial charge in [-0.2, -0.15) is 4.99 Å². The van der Waals surface area contributed by atoms with Gasteiger partial charge in [0.1, 0.15) is 5.75 Å². The number of fused-ring (bicyclic) bond motifs is 1. The van der Waals surface area contributed by atoms with Gasteiger partial charge in [-0.3, -0.25) is 4.79 Å². The van der Waals surface area contributed by atoms with Crippen molar-refractivity contribution in [3.8, 4) is 5.75 Å². The Morgan fingerprint density at radius 1 is 1.42 bits per heavy atom. The minimum Gasteiger partial charge on any atom is -0.497 e. The number of ether oxygens (including phenoxy) is 1. The third-order valence-corrected chi connectivity index (χ3v) is 5.22. The maximum Gasteiger partial charge on any atom is 0.272 e. The molecule has 0 radical (unpaired) electrons. The quantitative estimate of drug-likeness (QED) is 0.510. The molecule has 0 saturated carbocycles. The number of hydrogen-bond acceptors (Lipinski definition) is 4. The molecule has 0 atom stereocenters. The number of methoxy groups -OCH3 is 1. The average Bonchev–Trinajstić information content (AvgIpc) is 3.21. The monoisotopic (exact) mass is 356 g/mol. The van der Waals surface area contributed by atoms with Gasteiger partial charge in [0.05, 0.1) is 17.3 Å². The summed E-state index contributed by atoms with van der Waals surface area (Å²) in [5.74, 6) is 0.504. The third kappa shape index (κ3) is 3.55. The topological polar surface area (TPSA) is 43.6 Å². The van der Waals surface area contributed by atoms with Crippen LogP contribution >= 0.6 is 22.7 Å². The van der Waals surface area contributed by atoms with E-state index in [0.29, 0.717) is 11.3 Å². The van der Waals surface area contributed by atoms with Crippen LogP contribution in [0.3, 0.4) is 0 Å². The largest absolute Gasteiger partial charge is 0.497 e. The van der Waals surface area contributed by atoms with Crippen LogP contribution in [0.4, 0.5) is 0 Å². The fourth-order valence-corrected chi connectivity index (χ4v) is 3.93. The van der Waals surface area contributed by atoms with Gasteiger partial charge in [0.25, 0.3) is 5.91 Å². The van der Waals surface area contributed by atoms with E-state index in [4.69, 9.17) is 4.74 Å². The lowest BCUT2D eigenvalue weighted by atomic mass is 10.3. The Hall–Kier alpha value is -2.44. The summed E-state index contributed by atoms with van der Waals surface area (Å²) >= 11 is 3.04. The lowest BCUT2D eigenvalue weighted by molar-refractivity contribution is -0.113. The first-order chi connectivity index (χ1) is 11.7. The molecule has 0 bridgehead atoms. The second-order valence-corrected chi connectivity index (χ2v) is 6.90. The Bertz CT molecular complexity index is 963. The molecular formula is C18H16N2O2S2. The lowest BCUT2D eigenvalue weighted by Crippen LogP contribution is -2.15. The second kappa shape index (κ2) is 7.42. The number of amides is 1. The van der Waals surface area contributed by atoms with E-state index in [1.807, 2.05) is 40.3 Å². The van der Waals surface area contributed by atoms with Crippen LogP contribution in [0.15, 0.2) is 59.4 Å². The molecule has 4 nitrogen and oxygen atoms in total. The summed E-state index contributed by atoms with van der Waals surface area (Å²) in [5, 5.41) is 1.97. The van der Waals surface area contributed by atoms with Crippen LogP contribution in [-0.2, 0) is 11.3 Å². The van der Waals surface area contributed by atoms with Crippen molar-refractivity contribution in [2.75, 3.05) is 7.11 Å². The standard InChI is InChI=1S/C18H16N2O2S2/c1-3-10-20-15-8-6-13(22-2)12-16(15)24-18(20)19-17(21)9-7-14-5-4-11-23-14/h3-9,11-12H,1,10H2,2H3/b9-7+,19-18?. The zero-order valence-corrected chi connectivity index (χ0v) is 14.8. The fourth-order valence-electron chi connectivity index (χ4n) is 2.24. The van der Waals surface area contributed by atoms with Crippen molar-refractivity contribution >= 4 is 44.9 Å². The summed E-state index contributed by atoms with van der Waals surface area (Å²) in [6.45, 7) is 4.38. The number of carbonyl (C=O) groups excluding carboxylic acids is 1. The fraction of sp³-hybridized carbons (Fsp3) is 0.111. The van der Waals surface area contributed by atoms with Crippen LogP contribution in [0.2, 0.25) is 0 Å². The SMILES string of the molecule is C=CCn1c(=NC(=O)/C=C/c2cccs2)sc2cc(OC)ccc21. The number of thiazole rings is 1. The Morgan fingerprint density at radius 3 is 3.00 bits per heavy atom. The Balaban J connectivity index is 2.01. The highest BCUT2D eigenvalue weighted by Crippen LogP contribution is 2.23. The molecule has 2 aromatic heterocycles. The second-order valence-electron chi connectivity index (χ2n) is 4.92. The molecule has 24 heavy (non-hydrogen) atoms. The highest BCUT2D eigenvalue weighted by Gasteiger charge is 2.07. The molecule has 0 saturated heterocycles. The van der Waals surface area contributed by atoms with Gasteiger partial charge in [-0.1, -0.05) is 23.5 Å². The number of hydrogen-bond donors (Lipinski definition) is 0. The van der Waals surface area contributed by atoms with Crippen LogP contribution in [0, 0.1) is 0 Å². The zero-order chi connectivity index (χ0) is 16.9. The zero-order valence-electron chi connectivity index (χ0n) is 13.1. The molecule has 6 heteroatoms. The van der Waals surface area contributed by atoms with Crippen molar-refractivity contribution in [2.24, 2.45) is 4.99 Å². The van der Waals surface area contributed by atoms with Crippen LogP contribution in [-0.4, -0.2) is 17.6 Å². The molecule has 0 aliphatic heterocycles. The van der Waals surface area contributed by atoms with Crippen LogP contribution in [0.25, 0.3) is 16.3 Å². The van der Waals surface area contributed by atoms with E-state index in [1.165, 1.54) is 17.4 Å². The minimum atomic E-state index is -0.278. The van der Waals surface area contributed by atoms with Gasteiger partial charge < -0.3 is 9.30 Å². The maximum absolute atomic E-state index is 12.2. The van der Waals surface area contributed by atoms with Crippen molar-refractivity contribution in [3.63, 3.8) is 0 Å². The molecule has 1 aromatic carbocycles. The molecule has 0 unspecified atom stereocenters. The molecule has 0 N–H and O–H groups in total. The number of carbonyl (C=O) groups is 1. The summed E-state index contributed by atoms with van der Waals surface area (Å²) in [6.07, 6.45) is 5.07. The Morgan fingerprint density at radius 2 is 2.29 bits per heavy atom. The van der Waals surface area contributed by atoms with E-state index in [-0.39, 0.29) is 5.91 Å². The number of rotatable bonds is 5. The molecule has 122 valence electrons. The first kappa shape index (κ1) is 16.4. The summed E-state index contributed by atoms with van der Waals surface area (Å²) < 4.78 is 8.26. The smallest absolute Gasteiger partial charge is 0.272 e. The van der Waals surface area contributed by atoms with Crippen molar-refractivity contribution in [1.82, 2.24) is 4.57 Å². The third-order valence-electron chi connectivity index (χ3n) is 3.34. The van der Waals surface area contributed by atoms with Gasteiger partial charge in [0, 0.05) is 17.5 Å². The van der Waals surface area contributed by atoms with Crippen molar-refractivity contribution < 1.29 is 9.53 Å². The summed E-state index contributed by atoms with van der Waals surface area (Å²) in [6, 6.07) is 9.72. The molecular weight excluding hydrogens is 340 g/mol. The van der Waals surface area contributed by atoms with Gasteiger partial charge >= 0.3 is 0 Å². The lowest BCUT2D eigenvalue weighted by Gasteiger charge is -2.02. The van der Waals surface area contributed by atoms with E-state index in [9.17, 15) is 4.79 Å². The molecule has 0 aliphatic rings. The molecule has 3 aromatic rings. The molecule has 1 amide bonds. The molecule has 0 spiro atoms. The first-order valence-electron chi connectivity index (χ1n) is 7.30. The predicted octanol–water partition coefficient (Wildman–Crippen LogP) is 4.10. The van der Waals surface area contributed by atoms with Gasteiger partial charge in [0.2, 0.25) is 0 Å². The highest BCUT2D eigenvalue weighted by atomic mass is 32.1. The average molecular weight is 356 g/mol. The summed E-state index contributed by atoms with van der Waals surface area (Å²) in [4.78, 5) is 18.1. The van der Waals surface area contributed by atoms with E-state index >= 15 is 0 Å². The summed E-state index contributed by atoms with van der Waals surface area (Å²) in [5.41, 5.74) is 1.01. The van der Waals surface area contributed by atoms with Gasteiger partial charge in [-0.25, -0.2) is 0 Å². The van der Waals surface area contributed by atoms with E-state index in [1.54, 1.807) is 30.6 Å². The molecule has 3 rings (SSSR count). The van der Waals surface area contributed by atoms with Crippen molar-refractivity contribution in [2.45, 2.75) is 6.54 Å². The van der Waals surface area contributed by atoms with Crippen molar-refractivity contribution in [1.29, 1.82) is 0 Å². The van der Waals surface area contributed by atoms with Gasteiger partial charge in [-0.15, -0.1) is 17.9 Å². The number of aromatic nitrogens is 1. The van der Waals surface area contributed by atoms with E-state index in [0.717, 1.165) is 20.8 Å². The normalized spacial score (nSPS) is 12.1. The van der Waals surface area contributed by atoms with E-state index in [2.05, 4.69) is 11.6 Å². The Labute approximate surface area is 147 Å². The number of allylic oxidation sites excluding steroid dienone is 1. The van der Waals surface area contributed by atoms with Crippen molar-refractivity contribution in [3.05, 3.63) is 64.1 Å². The molecule has 0 fully saturated rings. The summed E-state index contributed by atoms with van der Waals surface area (Å²) in [7, 11) is 1.64. The number of benzene rings is 1. The van der Waals surface area contributed by atoms with E-state index < -0.39 is 0 Å². The van der Waals surface area contributed by atoms with Crippen LogP contribution in [0.1, 0.15) is 4.88 Å². The predicted molar refractivity (Wildman–Crippen MR) is 100 cm³/mol. The number of nitrogens with zero attached hydrogens (tertiary/aromatic N) is 2. The van der Waals surface area contributed by atoms with Crippen LogP contribution < -0.4 is 9.54 Å². The van der Waals surface area contributed by atoms with Crippen LogP contribution in [0.5, 0.6) is 5.75 Å². The first-order valence-corrected chi connectivity index (χ1v) is 8.99. The van der Waals surface area contributed by atoms with Gasteiger partial charge in [-0.05, 0) is 35.7 Å². The number of thiophene rings is 1.